The molecule has 2 rings (SSSR count). The zero-order valence-corrected chi connectivity index (χ0v) is 12.7. The lowest BCUT2D eigenvalue weighted by atomic mass is 10.2. The summed E-state index contributed by atoms with van der Waals surface area (Å²) in [5.74, 6) is -1.11. The zero-order valence-electron chi connectivity index (χ0n) is 11.9. The van der Waals surface area contributed by atoms with Gasteiger partial charge in [0.25, 0.3) is 5.69 Å². The average molecular weight is 335 g/mol. The summed E-state index contributed by atoms with van der Waals surface area (Å²) in [5.41, 5.74) is 0.805. The highest BCUT2D eigenvalue weighted by Crippen LogP contribution is 2.13. The lowest BCUT2D eigenvalue weighted by Crippen LogP contribution is -2.32. The molecule has 0 bridgehead atoms. The molecule has 0 aliphatic carbocycles. The molecule has 1 heterocycles. The molecule has 0 spiro atoms. The fourth-order valence-electron chi connectivity index (χ4n) is 1.87. The molecule has 2 aromatic rings. The lowest BCUT2D eigenvalue weighted by Gasteiger charge is -2.07. The molecule has 0 radical (unpaired) electrons. The first kappa shape index (κ1) is 16.6. The van der Waals surface area contributed by atoms with E-state index in [2.05, 4.69) is 4.98 Å². The fraction of sp³-hybridized carbons (Fsp3) is 0.143. The number of pyridine rings is 1. The van der Waals surface area contributed by atoms with Gasteiger partial charge in [-0.3, -0.25) is 24.6 Å². The number of hydrogen-bond acceptors (Lipinski definition) is 6. The van der Waals surface area contributed by atoms with Crippen LogP contribution in [-0.4, -0.2) is 24.2 Å². The van der Waals surface area contributed by atoms with Crippen LogP contribution in [0.4, 0.5) is 5.69 Å². The van der Waals surface area contributed by atoms with Crippen LogP contribution in [0.1, 0.15) is 11.1 Å². The van der Waals surface area contributed by atoms with Crippen LogP contribution < -0.4 is 4.72 Å². The first-order valence-electron chi connectivity index (χ1n) is 6.51. The Morgan fingerprint density at radius 2 is 1.87 bits per heavy atom. The summed E-state index contributed by atoms with van der Waals surface area (Å²) < 4.78 is 25.8. The number of sulfonamides is 1. The number of amides is 1. The number of nitrogens with one attached hydrogen (secondary N) is 1. The number of non-ortho nitro benzene ring substituents is 1. The summed E-state index contributed by atoms with van der Waals surface area (Å²) >= 11 is 0. The molecule has 23 heavy (non-hydrogen) atoms. The van der Waals surface area contributed by atoms with Gasteiger partial charge in [0.15, 0.2) is 0 Å². The highest BCUT2D eigenvalue weighted by atomic mass is 32.2. The van der Waals surface area contributed by atoms with E-state index in [0.29, 0.717) is 11.1 Å². The van der Waals surface area contributed by atoms with Gasteiger partial charge in [0.2, 0.25) is 15.9 Å². The normalized spacial score (nSPS) is 11.0. The fourth-order valence-corrected chi connectivity index (χ4v) is 2.99. The summed E-state index contributed by atoms with van der Waals surface area (Å²) in [7, 11) is -3.88. The lowest BCUT2D eigenvalue weighted by molar-refractivity contribution is -0.384. The maximum atomic E-state index is 11.9. The van der Waals surface area contributed by atoms with Crippen molar-refractivity contribution >= 4 is 21.6 Å². The smallest absolute Gasteiger partial charge is 0.269 e. The van der Waals surface area contributed by atoms with Gasteiger partial charge in [-0.1, -0.05) is 18.2 Å². The van der Waals surface area contributed by atoms with Gasteiger partial charge in [-0.15, -0.1) is 0 Å². The Morgan fingerprint density at radius 1 is 1.17 bits per heavy atom. The molecule has 120 valence electrons. The van der Waals surface area contributed by atoms with Crippen molar-refractivity contribution in [3.05, 3.63) is 70.0 Å². The van der Waals surface area contributed by atoms with Crippen molar-refractivity contribution < 1.29 is 18.1 Å². The van der Waals surface area contributed by atoms with Crippen molar-refractivity contribution in [2.75, 3.05) is 0 Å². The van der Waals surface area contributed by atoms with Gasteiger partial charge in [0.05, 0.1) is 17.1 Å². The van der Waals surface area contributed by atoms with Crippen LogP contribution in [0, 0.1) is 10.1 Å². The van der Waals surface area contributed by atoms with Crippen molar-refractivity contribution in [1.29, 1.82) is 0 Å². The summed E-state index contributed by atoms with van der Waals surface area (Å²) in [6.45, 7) is 0. The van der Waals surface area contributed by atoms with Crippen molar-refractivity contribution in [1.82, 2.24) is 9.71 Å². The molecule has 0 saturated heterocycles. The number of hydrogen-bond donors (Lipinski definition) is 1. The number of carbonyl (C=O) groups excluding carboxylic acids is 1. The number of rotatable bonds is 6. The molecular weight excluding hydrogens is 322 g/mol. The van der Waals surface area contributed by atoms with Crippen molar-refractivity contribution in [3.63, 3.8) is 0 Å². The molecule has 0 saturated carbocycles. The largest absolute Gasteiger partial charge is 0.274 e. The van der Waals surface area contributed by atoms with Gasteiger partial charge in [0, 0.05) is 24.5 Å². The third-order valence-electron chi connectivity index (χ3n) is 2.86. The molecular formula is C14H13N3O5S. The zero-order chi connectivity index (χ0) is 16.9. The molecule has 0 fully saturated rings. The second-order valence-electron chi connectivity index (χ2n) is 4.75. The Balaban J connectivity index is 1.98. The molecule has 9 heteroatoms. The Hall–Kier alpha value is -2.81. The van der Waals surface area contributed by atoms with E-state index in [1.807, 2.05) is 4.72 Å². The van der Waals surface area contributed by atoms with Crippen LogP contribution in [0.25, 0.3) is 0 Å². The van der Waals surface area contributed by atoms with E-state index in [1.54, 1.807) is 18.3 Å². The van der Waals surface area contributed by atoms with Gasteiger partial charge < -0.3 is 0 Å². The predicted molar refractivity (Wildman–Crippen MR) is 81.8 cm³/mol. The Kier molecular flexibility index (Phi) is 5.02. The molecule has 1 aromatic heterocycles. The summed E-state index contributed by atoms with van der Waals surface area (Å²) in [6, 6.07) is 8.40. The van der Waals surface area contributed by atoms with E-state index in [4.69, 9.17) is 0 Å². The monoisotopic (exact) mass is 335 g/mol. The van der Waals surface area contributed by atoms with E-state index >= 15 is 0 Å². The van der Waals surface area contributed by atoms with E-state index in [0.717, 1.165) is 0 Å². The quantitative estimate of drug-likeness (QED) is 0.625. The second-order valence-corrected chi connectivity index (χ2v) is 6.47. The maximum Gasteiger partial charge on any atom is 0.269 e. The van der Waals surface area contributed by atoms with Crippen molar-refractivity contribution in [2.45, 2.75) is 12.2 Å². The maximum absolute atomic E-state index is 11.9. The molecule has 8 nitrogen and oxygen atoms in total. The highest BCUT2D eigenvalue weighted by Gasteiger charge is 2.16. The SMILES string of the molecule is O=C(Cc1cccnc1)NS(=O)(=O)Cc1ccc([N+](=O)[O-])cc1. The van der Waals surface area contributed by atoms with E-state index in [9.17, 15) is 23.3 Å². The number of nitrogens with zero attached hydrogens (tertiary/aromatic N) is 2. The van der Waals surface area contributed by atoms with E-state index in [-0.39, 0.29) is 12.1 Å². The van der Waals surface area contributed by atoms with Crippen molar-refractivity contribution in [2.24, 2.45) is 0 Å². The molecule has 0 atom stereocenters. The summed E-state index contributed by atoms with van der Waals surface area (Å²) in [5, 5.41) is 10.5. The molecule has 1 N–H and O–H groups in total. The van der Waals surface area contributed by atoms with Crippen molar-refractivity contribution in [3.8, 4) is 0 Å². The molecule has 0 aliphatic rings. The Morgan fingerprint density at radius 3 is 2.43 bits per heavy atom. The number of nitro benzene ring substituents is 1. The number of carbonyl (C=O) groups is 1. The minimum absolute atomic E-state index is 0.104. The van der Waals surface area contributed by atoms with E-state index < -0.39 is 26.6 Å². The second kappa shape index (κ2) is 6.97. The van der Waals surface area contributed by atoms with Gasteiger partial charge >= 0.3 is 0 Å². The minimum atomic E-state index is -3.88. The number of aromatic nitrogens is 1. The summed E-state index contributed by atoms with van der Waals surface area (Å²) in [6.07, 6.45) is 2.92. The summed E-state index contributed by atoms with van der Waals surface area (Å²) in [4.78, 5) is 25.6. The molecule has 1 aromatic carbocycles. The Bertz CT molecular complexity index is 804. The highest BCUT2D eigenvalue weighted by molar-refractivity contribution is 7.89. The molecule has 0 aliphatic heterocycles. The topological polar surface area (TPSA) is 119 Å². The predicted octanol–water partition coefficient (Wildman–Crippen LogP) is 1.18. The number of benzene rings is 1. The van der Waals surface area contributed by atoms with Gasteiger partial charge in [-0.05, 0) is 17.2 Å². The van der Waals surface area contributed by atoms with Gasteiger partial charge in [-0.2, -0.15) is 0 Å². The van der Waals surface area contributed by atoms with Crippen LogP contribution in [0.3, 0.4) is 0 Å². The first-order valence-corrected chi connectivity index (χ1v) is 8.16. The molecule has 0 unspecified atom stereocenters. The first-order chi connectivity index (χ1) is 10.9. The van der Waals surface area contributed by atoms with Crippen LogP contribution >= 0.6 is 0 Å². The Labute approximate surface area is 132 Å². The minimum Gasteiger partial charge on any atom is -0.274 e. The van der Waals surface area contributed by atoms with Crippen LogP contribution in [0.15, 0.2) is 48.8 Å². The van der Waals surface area contributed by atoms with Crippen LogP contribution in [-0.2, 0) is 27.0 Å². The molecule has 1 amide bonds. The van der Waals surface area contributed by atoms with Gasteiger partial charge in [-0.25, -0.2) is 8.42 Å². The average Bonchev–Trinajstić information content (AvgIpc) is 2.47. The van der Waals surface area contributed by atoms with Crippen LogP contribution in [0.2, 0.25) is 0 Å². The van der Waals surface area contributed by atoms with Crippen LogP contribution in [0.5, 0.6) is 0 Å². The van der Waals surface area contributed by atoms with E-state index in [1.165, 1.54) is 30.5 Å². The third-order valence-corrected chi connectivity index (χ3v) is 4.11. The van der Waals surface area contributed by atoms with Gasteiger partial charge in [0.1, 0.15) is 0 Å². The standard InChI is InChI=1S/C14H13N3O5S/c18-14(8-12-2-1-7-15-9-12)16-23(21,22)10-11-3-5-13(6-4-11)17(19)20/h1-7,9H,8,10H2,(H,16,18). The third kappa shape index (κ3) is 5.15. The number of nitro groups is 1.